The molecule has 1 aromatic heterocycles. The van der Waals surface area contributed by atoms with Crippen LogP contribution < -0.4 is 5.32 Å². The Balaban J connectivity index is 1.11. The summed E-state index contributed by atoms with van der Waals surface area (Å²) < 4.78 is 12.2. The zero-order chi connectivity index (χ0) is 24.7. The summed E-state index contributed by atoms with van der Waals surface area (Å²) in [5.41, 5.74) is 4.36. The predicted molar refractivity (Wildman–Crippen MR) is 139 cm³/mol. The van der Waals surface area contributed by atoms with Gasteiger partial charge in [-0.25, -0.2) is 4.98 Å². The van der Waals surface area contributed by atoms with Crippen molar-refractivity contribution in [2.75, 3.05) is 38.2 Å². The molecule has 2 fully saturated rings. The number of pyridine rings is 1. The number of ether oxygens (including phenoxy) is 2. The molecule has 0 spiro atoms. The average Bonchev–Trinajstić information content (AvgIpc) is 3.37. The molecular weight excluding hydrogens is 454 g/mol. The third-order valence-corrected chi connectivity index (χ3v) is 7.73. The quantitative estimate of drug-likeness (QED) is 0.455. The topological polar surface area (TPSA) is 83.9 Å². The monoisotopic (exact) mass is 493 g/mol. The van der Waals surface area contributed by atoms with E-state index in [1.54, 1.807) is 0 Å². The van der Waals surface area contributed by atoms with Crippen LogP contribution in [0.1, 0.15) is 79.5 Å². The van der Waals surface area contributed by atoms with Crippen LogP contribution in [-0.4, -0.2) is 59.9 Å². The number of hydrogen-bond acceptors (Lipinski definition) is 6. The third kappa shape index (κ3) is 6.07. The lowest BCUT2D eigenvalue weighted by Gasteiger charge is -2.30. The third-order valence-electron chi connectivity index (χ3n) is 7.73. The smallest absolute Gasteiger partial charge is 0.325 e. The molecule has 1 aromatic carbocycles. The maximum Gasteiger partial charge on any atom is 0.325 e. The maximum atomic E-state index is 12.4. The van der Waals surface area contributed by atoms with E-state index in [-0.39, 0.29) is 12.2 Å². The Kier molecular flexibility index (Phi) is 8.51. The average molecular weight is 494 g/mol. The van der Waals surface area contributed by atoms with Crippen LogP contribution in [-0.2, 0) is 27.1 Å². The lowest BCUT2D eigenvalue weighted by molar-refractivity contribution is -0.143. The molecule has 3 unspecified atom stereocenters. The number of carboxylic acid groups (broad SMARTS) is 1. The van der Waals surface area contributed by atoms with Crippen LogP contribution in [0.5, 0.6) is 0 Å². The Bertz CT molecular complexity index is 1020. The van der Waals surface area contributed by atoms with E-state index in [2.05, 4.69) is 22.3 Å². The molecule has 0 radical (unpaired) electrons. The fraction of sp³-hybridized carbons (Fsp3) is 0.586. The second-order valence-electron chi connectivity index (χ2n) is 10.3. The number of anilines is 1. The number of nitrogens with one attached hydrogen (secondary N) is 1. The molecule has 0 bridgehead atoms. The fourth-order valence-corrected chi connectivity index (χ4v) is 5.82. The van der Waals surface area contributed by atoms with Crippen LogP contribution in [0.15, 0.2) is 36.4 Å². The van der Waals surface area contributed by atoms with E-state index < -0.39 is 12.0 Å². The minimum atomic E-state index is -0.800. The number of fused-ring (bicyclic) bond motifs is 1. The fourth-order valence-electron chi connectivity index (χ4n) is 5.82. The zero-order valence-electron chi connectivity index (χ0n) is 21.2. The highest BCUT2D eigenvalue weighted by Gasteiger charge is 2.36. The van der Waals surface area contributed by atoms with Crippen molar-refractivity contribution in [2.45, 2.75) is 76.0 Å². The maximum absolute atomic E-state index is 12.4. The minimum Gasteiger partial charge on any atom is -0.480 e. The van der Waals surface area contributed by atoms with Gasteiger partial charge in [0.1, 0.15) is 11.9 Å². The van der Waals surface area contributed by atoms with Gasteiger partial charge < -0.3 is 19.9 Å². The molecule has 0 saturated carbocycles. The van der Waals surface area contributed by atoms with Gasteiger partial charge in [-0.1, -0.05) is 30.3 Å². The Morgan fingerprint density at radius 1 is 1.17 bits per heavy atom. The Morgan fingerprint density at radius 3 is 2.94 bits per heavy atom. The molecule has 4 heterocycles. The van der Waals surface area contributed by atoms with Gasteiger partial charge in [-0.15, -0.1) is 0 Å². The van der Waals surface area contributed by atoms with E-state index in [0.29, 0.717) is 13.2 Å². The highest BCUT2D eigenvalue weighted by molar-refractivity contribution is 5.76. The van der Waals surface area contributed by atoms with Crippen molar-refractivity contribution in [3.05, 3.63) is 58.8 Å². The van der Waals surface area contributed by atoms with E-state index in [9.17, 15) is 9.90 Å². The summed E-state index contributed by atoms with van der Waals surface area (Å²) in [5.74, 6) is 0.261. The number of benzene rings is 1. The summed E-state index contributed by atoms with van der Waals surface area (Å²) in [6.45, 7) is 3.84. The summed E-state index contributed by atoms with van der Waals surface area (Å²) in [4.78, 5) is 19.3. The summed E-state index contributed by atoms with van der Waals surface area (Å²) >= 11 is 0. The van der Waals surface area contributed by atoms with Crippen molar-refractivity contribution in [1.29, 1.82) is 0 Å². The normalized spacial score (nSPS) is 23.1. The summed E-state index contributed by atoms with van der Waals surface area (Å²) in [6, 6.07) is 11.6. The number of aromatic nitrogens is 1. The molecule has 0 aliphatic carbocycles. The highest BCUT2D eigenvalue weighted by Crippen LogP contribution is 2.36. The highest BCUT2D eigenvalue weighted by atomic mass is 16.5. The van der Waals surface area contributed by atoms with Crippen molar-refractivity contribution in [1.82, 2.24) is 9.88 Å². The first kappa shape index (κ1) is 25.2. The number of rotatable bonds is 10. The zero-order valence-corrected chi connectivity index (χ0v) is 21.2. The van der Waals surface area contributed by atoms with E-state index in [0.717, 1.165) is 93.7 Å². The first-order valence-electron chi connectivity index (χ1n) is 13.7. The van der Waals surface area contributed by atoms with Crippen LogP contribution in [0, 0.1) is 0 Å². The lowest BCUT2D eigenvalue weighted by Crippen LogP contribution is -2.34. The molecule has 2 N–H and O–H groups in total. The molecule has 36 heavy (non-hydrogen) atoms. The van der Waals surface area contributed by atoms with Crippen molar-refractivity contribution >= 4 is 11.8 Å². The Labute approximate surface area is 214 Å². The number of aryl methyl sites for hydroxylation is 2. The molecule has 3 aliphatic rings. The second kappa shape index (κ2) is 12.2. The van der Waals surface area contributed by atoms with Gasteiger partial charge in [0.2, 0.25) is 0 Å². The number of nitrogens with zero attached hydrogens (tertiary/aromatic N) is 2. The number of carboxylic acids is 1. The SMILES string of the molecule is O=C(O)C(c1ccccc1C1CCCCO1)N1CCC(OCCCCc2ccc3c(n2)NCCC3)C1. The summed E-state index contributed by atoms with van der Waals surface area (Å²) in [6.07, 6.45) is 9.35. The van der Waals surface area contributed by atoms with Crippen LogP contribution in [0.25, 0.3) is 0 Å². The number of unbranched alkanes of at least 4 members (excludes halogenated alkanes) is 1. The molecule has 3 aliphatic heterocycles. The van der Waals surface area contributed by atoms with E-state index in [1.807, 2.05) is 24.3 Å². The summed E-state index contributed by atoms with van der Waals surface area (Å²) in [5, 5.41) is 13.6. The molecule has 194 valence electrons. The van der Waals surface area contributed by atoms with Crippen molar-refractivity contribution in [3.63, 3.8) is 0 Å². The van der Waals surface area contributed by atoms with Gasteiger partial charge >= 0.3 is 5.97 Å². The van der Waals surface area contributed by atoms with Gasteiger partial charge in [-0.05, 0) is 80.5 Å². The predicted octanol–water partition coefficient (Wildman–Crippen LogP) is 4.92. The van der Waals surface area contributed by atoms with Gasteiger partial charge in [-0.2, -0.15) is 0 Å². The van der Waals surface area contributed by atoms with Crippen LogP contribution in [0.2, 0.25) is 0 Å². The van der Waals surface area contributed by atoms with Crippen LogP contribution in [0.4, 0.5) is 5.82 Å². The van der Waals surface area contributed by atoms with Gasteiger partial charge in [-0.3, -0.25) is 9.69 Å². The van der Waals surface area contributed by atoms with Gasteiger partial charge in [0.25, 0.3) is 0 Å². The molecule has 3 atom stereocenters. The molecule has 5 rings (SSSR count). The van der Waals surface area contributed by atoms with Gasteiger partial charge in [0.05, 0.1) is 12.2 Å². The lowest BCUT2D eigenvalue weighted by atomic mass is 9.92. The standard InChI is InChI=1S/C29H39N3O4/c33-29(34)27(25-11-2-1-10-24(25)26-12-4-6-19-36-26)32-17-15-23(20-32)35-18-5-3-9-22-14-13-21-8-7-16-30-28(21)31-22/h1-2,10-11,13-14,23,26-27H,3-9,12,15-20H2,(H,30,31)(H,33,34). The van der Waals surface area contributed by atoms with Gasteiger partial charge in [0, 0.05) is 38.5 Å². The number of likely N-dealkylation sites (tertiary alicyclic amines) is 1. The Hall–Kier alpha value is -2.48. The molecule has 2 aromatic rings. The van der Waals surface area contributed by atoms with Crippen LogP contribution >= 0.6 is 0 Å². The molecule has 7 nitrogen and oxygen atoms in total. The van der Waals surface area contributed by atoms with E-state index in [1.165, 1.54) is 12.0 Å². The number of carbonyl (C=O) groups is 1. The van der Waals surface area contributed by atoms with Crippen molar-refractivity contribution < 1.29 is 19.4 Å². The molecule has 2 saturated heterocycles. The molecule has 7 heteroatoms. The first-order chi connectivity index (χ1) is 17.7. The molecular formula is C29H39N3O4. The van der Waals surface area contributed by atoms with Crippen molar-refractivity contribution in [3.8, 4) is 0 Å². The Morgan fingerprint density at radius 2 is 2.08 bits per heavy atom. The minimum absolute atomic E-state index is 0.00756. The summed E-state index contributed by atoms with van der Waals surface area (Å²) in [7, 11) is 0. The molecule has 0 amide bonds. The van der Waals surface area contributed by atoms with Crippen LogP contribution in [0.3, 0.4) is 0 Å². The first-order valence-corrected chi connectivity index (χ1v) is 13.7. The second-order valence-corrected chi connectivity index (χ2v) is 10.3. The van der Waals surface area contributed by atoms with E-state index >= 15 is 0 Å². The number of aliphatic carboxylic acids is 1. The largest absolute Gasteiger partial charge is 0.480 e. The van der Waals surface area contributed by atoms with Crippen molar-refractivity contribution in [2.24, 2.45) is 0 Å². The van der Waals surface area contributed by atoms with E-state index in [4.69, 9.17) is 14.5 Å². The number of hydrogen-bond donors (Lipinski definition) is 2. The van der Waals surface area contributed by atoms with Gasteiger partial charge in [0.15, 0.2) is 0 Å².